The van der Waals surface area contributed by atoms with Crippen LogP contribution in [0, 0.1) is 0 Å². The van der Waals surface area contributed by atoms with Crippen LogP contribution in [0.3, 0.4) is 0 Å². The van der Waals surface area contributed by atoms with Gasteiger partial charge < -0.3 is 9.73 Å². The fraction of sp³-hybridized carbons (Fsp3) is 0.235. The smallest absolute Gasteiger partial charge is 0.0996 e. The minimum absolute atomic E-state index is 0.731. The molecule has 0 amide bonds. The molecule has 3 aromatic rings. The third kappa shape index (κ3) is 2.25. The van der Waals surface area contributed by atoms with Crippen LogP contribution in [-0.2, 0) is 12.8 Å². The molecule has 0 atom stereocenters. The maximum Gasteiger partial charge on any atom is 0.0996 e. The van der Waals surface area contributed by atoms with Crippen molar-refractivity contribution in [1.82, 2.24) is 15.1 Å². The minimum atomic E-state index is 0.731. The first-order chi connectivity index (χ1) is 10.8. The number of nitrogens with zero attached hydrogens (tertiary/aromatic N) is 2. The maximum absolute atomic E-state index is 6.53. The fourth-order valence-corrected chi connectivity index (χ4v) is 3.32. The van der Waals surface area contributed by atoms with E-state index in [1.807, 2.05) is 22.9 Å². The van der Waals surface area contributed by atoms with Crippen molar-refractivity contribution in [3.05, 3.63) is 59.1 Å². The van der Waals surface area contributed by atoms with E-state index < -0.39 is 0 Å². The Morgan fingerprint density at radius 3 is 2.91 bits per heavy atom. The van der Waals surface area contributed by atoms with E-state index in [4.69, 9.17) is 16.0 Å². The Morgan fingerprint density at radius 1 is 1.14 bits per heavy atom. The lowest BCUT2D eigenvalue weighted by Crippen LogP contribution is -2.16. The monoisotopic (exact) mass is 313 g/mol. The summed E-state index contributed by atoms with van der Waals surface area (Å²) in [6, 6.07) is 8.02. The molecule has 112 valence electrons. The van der Waals surface area contributed by atoms with Gasteiger partial charge in [-0.1, -0.05) is 17.7 Å². The van der Waals surface area contributed by atoms with Gasteiger partial charge in [0.05, 0.1) is 35.1 Å². The Balaban J connectivity index is 1.92. The summed E-state index contributed by atoms with van der Waals surface area (Å²) in [6.07, 6.45) is 7.17. The summed E-state index contributed by atoms with van der Waals surface area (Å²) in [5, 5.41) is 8.68. The lowest BCUT2D eigenvalue weighted by molar-refractivity contribution is 0.568. The van der Waals surface area contributed by atoms with E-state index in [-0.39, 0.29) is 0 Å². The summed E-state index contributed by atoms with van der Waals surface area (Å²) >= 11 is 6.53. The molecule has 0 unspecified atom stereocenters. The molecule has 0 spiro atoms. The fourth-order valence-electron chi connectivity index (χ4n) is 3.06. The summed E-state index contributed by atoms with van der Waals surface area (Å²) in [7, 11) is 0. The zero-order chi connectivity index (χ0) is 14.9. The van der Waals surface area contributed by atoms with E-state index in [2.05, 4.69) is 16.5 Å². The molecule has 1 aromatic carbocycles. The molecule has 4 rings (SSSR count). The number of nitrogens with one attached hydrogen (secondary N) is 1. The molecule has 0 radical (unpaired) electrons. The van der Waals surface area contributed by atoms with Gasteiger partial charge in [-0.2, -0.15) is 5.10 Å². The molecule has 0 aliphatic carbocycles. The molecule has 1 aliphatic rings. The average Bonchev–Trinajstić information content (AvgIpc) is 3.14. The second-order valence-electron chi connectivity index (χ2n) is 5.42. The molecule has 22 heavy (non-hydrogen) atoms. The molecule has 0 fully saturated rings. The highest BCUT2D eigenvalue weighted by Crippen LogP contribution is 2.32. The number of halogens is 1. The van der Waals surface area contributed by atoms with Gasteiger partial charge in [0.2, 0.25) is 0 Å². The number of benzene rings is 1. The number of hydrogen-bond donors (Lipinski definition) is 1. The van der Waals surface area contributed by atoms with Crippen molar-refractivity contribution in [3.8, 4) is 16.9 Å². The molecule has 0 saturated carbocycles. The zero-order valence-corrected chi connectivity index (χ0v) is 12.8. The van der Waals surface area contributed by atoms with Crippen molar-refractivity contribution in [1.29, 1.82) is 0 Å². The number of fused-ring (bicyclic) bond motifs is 1. The first-order valence-corrected chi connectivity index (χ1v) is 7.80. The number of furan rings is 1. The predicted octanol–water partition coefficient (Wildman–Crippen LogP) is 3.47. The molecule has 0 saturated heterocycles. The van der Waals surface area contributed by atoms with Gasteiger partial charge >= 0.3 is 0 Å². The van der Waals surface area contributed by atoms with E-state index in [1.165, 1.54) is 11.1 Å². The van der Waals surface area contributed by atoms with Gasteiger partial charge in [-0.25, -0.2) is 4.68 Å². The van der Waals surface area contributed by atoms with Crippen LogP contribution >= 0.6 is 11.6 Å². The van der Waals surface area contributed by atoms with Crippen molar-refractivity contribution >= 4 is 11.6 Å². The Hall–Kier alpha value is -2.04. The number of rotatable bonds is 2. The molecule has 1 N–H and O–H groups in total. The molecule has 5 heteroatoms. The van der Waals surface area contributed by atoms with Crippen LogP contribution in [0.2, 0.25) is 5.02 Å². The SMILES string of the molecule is Clc1ccc2c(c1-n1nccc1-c1ccoc1)CCNCC2. The third-order valence-corrected chi connectivity index (χ3v) is 4.43. The van der Waals surface area contributed by atoms with Crippen LogP contribution in [0.25, 0.3) is 16.9 Å². The number of hydrogen-bond acceptors (Lipinski definition) is 3. The Labute approximate surface area is 133 Å². The quantitative estimate of drug-likeness (QED) is 0.787. The zero-order valence-electron chi connectivity index (χ0n) is 12.1. The molecular weight excluding hydrogens is 298 g/mol. The van der Waals surface area contributed by atoms with Crippen molar-refractivity contribution in [2.24, 2.45) is 0 Å². The van der Waals surface area contributed by atoms with Gasteiger partial charge in [0.25, 0.3) is 0 Å². The number of aromatic nitrogens is 2. The van der Waals surface area contributed by atoms with Gasteiger partial charge in [0, 0.05) is 5.56 Å². The normalized spacial score (nSPS) is 14.6. The van der Waals surface area contributed by atoms with Gasteiger partial charge in [-0.15, -0.1) is 0 Å². The highest BCUT2D eigenvalue weighted by Gasteiger charge is 2.19. The summed E-state index contributed by atoms with van der Waals surface area (Å²) in [4.78, 5) is 0. The second kappa shape index (κ2) is 5.63. The molecule has 1 aliphatic heterocycles. The standard InChI is InChI=1S/C17H16ClN3O/c18-15-2-1-12-3-7-19-8-4-14(12)17(15)21-16(5-9-20-21)13-6-10-22-11-13/h1-2,5-6,9-11,19H,3-4,7-8H2. The van der Waals surface area contributed by atoms with E-state index in [1.54, 1.807) is 18.7 Å². The van der Waals surface area contributed by atoms with Crippen LogP contribution in [-0.4, -0.2) is 22.9 Å². The summed E-state index contributed by atoms with van der Waals surface area (Å²) in [5.41, 5.74) is 5.60. The van der Waals surface area contributed by atoms with Crippen molar-refractivity contribution in [2.75, 3.05) is 13.1 Å². The maximum atomic E-state index is 6.53. The van der Waals surface area contributed by atoms with Crippen LogP contribution in [0.5, 0.6) is 0 Å². The Morgan fingerprint density at radius 2 is 2.05 bits per heavy atom. The largest absolute Gasteiger partial charge is 0.472 e. The van der Waals surface area contributed by atoms with E-state index in [0.717, 1.165) is 47.9 Å². The molecule has 3 heterocycles. The molecule has 0 bridgehead atoms. The van der Waals surface area contributed by atoms with Gasteiger partial charge in [-0.05, 0) is 55.3 Å². The van der Waals surface area contributed by atoms with Crippen LogP contribution < -0.4 is 5.32 Å². The molecule has 2 aromatic heterocycles. The average molecular weight is 314 g/mol. The summed E-state index contributed by atoms with van der Waals surface area (Å²) in [6.45, 7) is 1.96. The minimum Gasteiger partial charge on any atom is -0.472 e. The topological polar surface area (TPSA) is 43.0 Å². The van der Waals surface area contributed by atoms with Crippen LogP contribution in [0.1, 0.15) is 11.1 Å². The van der Waals surface area contributed by atoms with Gasteiger partial charge in [0.15, 0.2) is 0 Å². The lowest BCUT2D eigenvalue weighted by Gasteiger charge is -2.16. The summed E-state index contributed by atoms with van der Waals surface area (Å²) < 4.78 is 7.14. The predicted molar refractivity (Wildman–Crippen MR) is 86.6 cm³/mol. The van der Waals surface area contributed by atoms with Crippen molar-refractivity contribution < 1.29 is 4.42 Å². The van der Waals surface area contributed by atoms with Crippen molar-refractivity contribution in [2.45, 2.75) is 12.8 Å². The van der Waals surface area contributed by atoms with E-state index in [0.29, 0.717) is 0 Å². The third-order valence-electron chi connectivity index (χ3n) is 4.12. The van der Waals surface area contributed by atoms with Crippen molar-refractivity contribution in [3.63, 3.8) is 0 Å². The second-order valence-corrected chi connectivity index (χ2v) is 5.83. The molecule has 4 nitrogen and oxygen atoms in total. The van der Waals surface area contributed by atoms with E-state index >= 15 is 0 Å². The lowest BCUT2D eigenvalue weighted by atomic mass is 10.0. The Kier molecular flexibility index (Phi) is 3.48. The van der Waals surface area contributed by atoms with Gasteiger partial charge in [0.1, 0.15) is 0 Å². The highest BCUT2D eigenvalue weighted by molar-refractivity contribution is 6.32. The first kappa shape index (κ1) is 13.6. The van der Waals surface area contributed by atoms with Crippen LogP contribution in [0.15, 0.2) is 47.4 Å². The summed E-state index contributed by atoms with van der Waals surface area (Å²) in [5.74, 6) is 0. The van der Waals surface area contributed by atoms with E-state index in [9.17, 15) is 0 Å². The van der Waals surface area contributed by atoms with Gasteiger partial charge in [-0.3, -0.25) is 0 Å². The first-order valence-electron chi connectivity index (χ1n) is 7.42. The molecular formula is C17H16ClN3O. The highest BCUT2D eigenvalue weighted by atomic mass is 35.5. The Bertz CT molecular complexity index is 792. The van der Waals surface area contributed by atoms with Crippen LogP contribution in [0.4, 0.5) is 0 Å².